The molecule has 0 unspecified atom stereocenters. The lowest BCUT2D eigenvalue weighted by Gasteiger charge is -2.27. The van der Waals surface area contributed by atoms with Crippen LogP contribution in [0.15, 0.2) is 23.0 Å². The molecule has 1 amide bonds. The molecule has 0 spiro atoms. The minimum Gasteiger partial charge on any atom is -0.326 e. The Morgan fingerprint density at radius 1 is 1.17 bits per heavy atom. The van der Waals surface area contributed by atoms with Crippen LogP contribution in [-0.4, -0.2) is 15.9 Å². The van der Waals surface area contributed by atoms with Crippen molar-refractivity contribution in [2.24, 2.45) is 11.8 Å². The van der Waals surface area contributed by atoms with Gasteiger partial charge < -0.3 is 15.3 Å². The molecule has 0 aliphatic heterocycles. The van der Waals surface area contributed by atoms with Crippen LogP contribution in [0.25, 0.3) is 11.0 Å². The van der Waals surface area contributed by atoms with E-state index in [1.807, 2.05) is 12.1 Å². The summed E-state index contributed by atoms with van der Waals surface area (Å²) in [5.74, 6) is 1.03. The monoisotopic (exact) mass is 315 g/mol. The predicted octanol–water partition coefficient (Wildman–Crippen LogP) is 3.79. The van der Waals surface area contributed by atoms with Gasteiger partial charge in [-0.3, -0.25) is 4.79 Å². The van der Waals surface area contributed by atoms with Gasteiger partial charge >= 0.3 is 5.69 Å². The molecule has 0 radical (unpaired) electrons. The topological polar surface area (TPSA) is 77.8 Å². The van der Waals surface area contributed by atoms with Crippen LogP contribution in [0.5, 0.6) is 0 Å². The van der Waals surface area contributed by atoms with Crippen molar-refractivity contribution in [3.05, 3.63) is 28.7 Å². The molecule has 23 heavy (non-hydrogen) atoms. The zero-order chi connectivity index (χ0) is 16.2. The van der Waals surface area contributed by atoms with E-state index in [4.69, 9.17) is 0 Å². The third-order valence-electron chi connectivity index (χ3n) is 4.97. The maximum absolute atomic E-state index is 12.4. The molecule has 5 heteroatoms. The number of carbonyl (C=O) groups is 1. The maximum atomic E-state index is 12.4. The quantitative estimate of drug-likeness (QED) is 0.785. The second-order valence-corrected chi connectivity index (χ2v) is 6.69. The summed E-state index contributed by atoms with van der Waals surface area (Å²) in [6.07, 6.45) is 8.18. The third kappa shape index (κ3) is 3.84. The van der Waals surface area contributed by atoms with Crippen molar-refractivity contribution < 1.29 is 4.79 Å². The largest absolute Gasteiger partial charge is 0.326 e. The van der Waals surface area contributed by atoms with E-state index < -0.39 is 0 Å². The van der Waals surface area contributed by atoms with Gasteiger partial charge in [0, 0.05) is 11.6 Å². The first kappa shape index (κ1) is 15.8. The smallest absolute Gasteiger partial charge is 0.323 e. The number of anilines is 1. The number of benzene rings is 1. The number of imidazole rings is 1. The molecule has 124 valence electrons. The van der Waals surface area contributed by atoms with Crippen molar-refractivity contribution in [3.8, 4) is 0 Å². The number of aromatic amines is 2. The molecule has 1 fully saturated rings. The van der Waals surface area contributed by atoms with Crippen LogP contribution in [0.4, 0.5) is 5.69 Å². The number of hydrogen-bond donors (Lipinski definition) is 3. The van der Waals surface area contributed by atoms with Crippen molar-refractivity contribution in [1.82, 2.24) is 9.97 Å². The van der Waals surface area contributed by atoms with Gasteiger partial charge in [-0.25, -0.2) is 4.79 Å². The maximum Gasteiger partial charge on any atom is 0.323 e. The van der Waals surface area contributed by atoms with E-state index in [0.717, 1.165) is 35.5 Å². The van der Waals surface area contributed by atoms with E-state index in [1.165, 1.54) is 32.1 Å². The van der Waals surface area contributed by atoms with E-state index in [0.29, 0.717) is 0 Å². The molecule has 0 saturated heterocycles. The van der Waals surface area contributed by atoms with Crippen LogP contribution < -0.4 is 11.0 Å². The van der Waals surface area contributed by atoms with Crippen LogP contribution in [0.1, 0.15) is 51.9 Å². The Labute approximate surface area is 135 Å². The van der Waals surface area contributed by atoms with E-state index in [2.05, 4.69) is 22.2 Å². The molecule has 1 aliphatic rings. The number of amides is 1. The molecule has 0 atom stereocenters. The van der Waals surface area contributed by atoms with E-state index in [9.17, 15) is 9.59 Å². The van der Waals surface area contributed by atoms with Crippen molar-refractivity contribution in [2.75, 3.05) is 5.32 Å². The average molecular weight is 315 g/mol. The fourth-order valence-corrected chi connectivity index (χ4v) is 3.56. The molecule has 1 heterocycles. The number of rotatable bonds is 5. The zero-order valence-corrected chi connectivity index (χ0v) is 13.7. The lowest BCUT2D eigenvalue weighted by Crippen LogP contribution is -2.27. The second-order valence-electron chi connectivity index (χ2n) is 6.69. The standard InChI is InChI=1S/C18H25N3O2/c1-2-3-4-12-5-7-13(8-6-12)17(22)19-14-9-10-15-16(11-14)21-18(23)20-15/h9-13H,2-8H2,1H3,(H,19,22)(H2,20,21,23). The molecule has 3 N–H and O–H groups in total. The third-order valence-corrected chi connectivity index (χ3v) is 4.97. The first-order valence-corrected chi connectivity index (χ1v) is 8.68. The summed E-state index contributed by atoms with van der Waals surface area (Å²) in [5, 5.41) is 3.00. The molecule has 1 saturated carbocycles. The van der Waals surface area contributed by atoms with Gasteiger partial charge in [0.2, 0.25) is 5.91 Å². The zero-order valence-electron chi connectivity index (χ0n) is 13.7. The summed E-state index contributed by atoms with van der Waals surface area (Å²) >= 11 is 0. The molecule has 1 aromatic carbocycles. The number of unbranched alkanes of at least 4 members (excludes halogenated alkanes) is 1. The van der Waals surface area contributed by atoms with Gasteiger partial charge in [0.1, 0.15) is 0 Å². The molecule has 0 bridgehead atoms. The van der Waals surface area contributed by atoms with Gasteiger partial charge in [0.15, 0.2) is 0 Å². The first-order chi connectivity index (χ1) is 11.2. The molecule has 3 rings (SSSR count). The number of nitrogens with one attached hydrogen (secondary N) is 3. The highest BCUT2D eigenvalue weighted by molar-refractivity contribution is 5.94. The Balaban J connectivity index is 1.57. The van der Waals surface area contributed by atoms with Gasteiger partial charge in [-0.1, -0.05) is 26.2 Å². The minimum atomic E-state index is -0.228. The van der Waals surface area contributed by atoms with Crippen molar-refractivity contribution in [3.63, 3.8) is 0 Å². The fraction of sp³-hybridized carbons (Fsp3) is 0.556. The van der Waals surface area contributed by atoms with E-state index in [1.54, 1.807) is 6.07 Å². The molecule has 2 aromatic rings. The van der Waals surface area contributed by atoms with Crippen molar-refractivity contribution >= 4 is 22.6 Å². The van der Waals surface area contributed by atoms with Gasteiger partial charge in [-0.05, 0) is 49.8 Å². The number of aromatic nitrogens is 2. The van der Waals surface area contributed by atoms with Crippen LogP contribution in [0.3, 0.4) is 0 Å². The summed E-state index contributed by atoms with van der Waals surface area (Å²) in [5.41, 5.74) is 1.99. The Morgan fingerprint density at radius 2 is 1.91 bits per heavy atom. The second kappa shape index (κ2) is 7.02. The highest BCUT2D eigenvalue weighted by atomic mass is 16.2. The highest BCUT2D eigenvalue weighted by Gasteiger charge is 2.26. The summed E-state index contributed by atoms with van der Waals surface area (Å²) in [6, 6.07) is 5.44. The normalized spacial score (nSPS) is 21.4. The van der Waals surface area contributed by atoms with E-state index in [-0.39, 0.29) is 17.5 Å². The summed E-state index contributed by atoms with van der Waals surface area (Å²) in [7, 11) is 0. The Hall–Kier alpha value is -2.04. The predicted molar refractivity (Wildman–Crippen MR) is 92.5 cm³/mol. The average Bonchev–Trinajstić information content (AvgIpc) is 2.92. The summed E-state index contributed by atoms with van der Waals surface area (Å²) in [4.78, 5) is 29.1. The van der Waals surface area contributed by atoms with Crippen LogP contribution in [0.2, 0.25) is 0 Å². The first-order valence-electron chi connectivity index (χ1n) is 8.68. The number of hydrogen-bond acceptors (Lipinski definition) is 2. The fourth-order valence-electron chi connectivity index (χ4n) is 3.56. The van der Waals surface area contributed by atoms with Crippen LogP contribution in [-0.2, 0) is 4.79 Å². The molecule has 1 aromatic heterocycles. The van der Waals surface area contributed by atoms with Crippen LogP contribution >= 0.6 is 0 Å². The van der Waals surface area contributed by atoms with Gasteiger partial charge in [-0.15, -0.1) is 0 Å². The van der Waals surface area contributed by atoms with Gasteiger partial charge in [-0.2, -0.15) is 0 Å². The van der Waals surface area contributed by atoms with Crippen molar-refractivity contribution in [2.45, 2.75) is 51.9 Å². The minimum absolute atomic E-state index is 0.108. The van der Waals surface area contributed by atoms with Crippen LogP contribution in [0, 0.1) is 11.8 Å². The summed E-state index contributed by atoms with van der Waals surface area (Å²) < 4.78 is 0. The Bertz CT molecular complexity index is 723. The lowest BCUT2D eigenvalue weighted by molar-refractivity contribution is -0.121. The molecular formula is C18H25N3O2. The summed E-state index contributed by atoms with van der Waals surface area (Å²) in [6.45, 7) is 2.23. The Morgan fingerprint density at radius 3 is 2.65 bits per heavy atom. The van der Waals surface area contributed by atoms with Gasteiger partial charge in [0.05, 0.1) is 11.0 Å². The Kier molecular flexibility index (Phi) is 4.84. The number of carbonyl (C=O) groups excluding carboxylic acids is 1. The van der Waals surface area contributed by atoms with E-state index >= 15 is 0 Å². The molecular weight excluding hydrogens is 290 g/mol. The number of H-pyrrole nitrogens is 2. The lowest BCUT2D eigenvalue weighted by atomic mass is 9.79. The molecule has 1 aliphatic carbocycles. The molecule has 5 nitrogen and oxygen atoms in total. The number of fused-ring (bicyclic) bond motifs is 1. The van der Waals surface area contributed by atoms with Gasteiger partial charge in [0.25, 0.3) is 0 Å². The highest BCUT2D eigenvalue weighted by Crippen LogP contribution is 2.32. The SMILES string of the molecule is CCCCC1CCC(C(=O)Nc2ccc3[nH]c(=O)[nH]c3c2)CC1. The van der Waals surface area contributed by atoms with Crippen molar-refractivity contribution in [1.29, 1.82) is 0 Å².